The van der Waals surface area contributed by atoms with Crippen LogP contribution in [0.3, 0.4) is 0 Å². The monoisotopic (exact) mass is 304 g/mol. The van der Waals surface area contributed by atoms with Crippen LogP contribution in [0.5, 0.6) is 0 Å². The highest BCUT2D eigenvalue weighted by atomic mass is 35.5. The maximum absolute atomic E-state index is 6.15. The topological polar surface area (TPSA) is 69.7 Å². The number of H-pyrrole nitrogens is 1. The quantitative estimate of drug-likeness (QED) is 0.884. The van der Waals surface area contributed by atoms with E-state index in [9.17, 15) is 0 Å². The van der Waals surface area contributed by atoms with Crippen LogP contribution in [0.2, 0.25) is 5.02 Å². The van der Waals surface area contributed by atoms with Crippen LogP contribution in [0, 0.1) is 5.92 Å². The molecular weight excluding hydrogens is 288 g/mol. The van der Waals surface area contributed by atoms with E-state index < -0.39 is 0 Å². The first-order valence-corrected chi connectivity index (χ1v) is 7.69. The molecule has 0 saturated carbocycles. The molecule has 2 atom stereocenters. The van der Waals surface area contributed by atoms with Crippen LogP contribution in [-0.4, -0.2) is 45.8 Å². The van der Waals surface area contributed by atoms with Crippen molar-refractivity contribution in [3.05, 3.63) is 23.5 Å². The van der Waals surface area contributed by atoms with E-state index in [1.165, 1.54) is 12.8 Å². The SMILES string of the molecule is Clc1cnccc1-c1nc(N2CC3CCCNC3C2)n[nH]1. The van der Waals surface area contributed by atoms with Crippen molar-refractivity contribution in [1.29, 1.82) is 0 Å². The minimum Gasteiger partial charge on any atom is -0.338 e. The lowest BCUT2D eigenvalue weighted by Crippen LogP contribution is -2.40. The number of rotatable bonds is 2. The molecule has 21 heavy (non-hydrogen) atoms. The molecule has 2 saturated heterocycles. The van der Waals surface area contributed by atoms with Crippen LogP contribution >= 0.6 is 11.6 Å². The Kier molecular flexibility index (Phi) is 3.27. The number of aromatic nitrogens is 4. The Balaban J connectivity index is 1.56. The van der Waals surface area contributed by atoms with Gasteiger partial charge in [0.2, 0.25) is 5.95 Å². The zero-order chi connectivity index (χ0) is 14.2. The normalized spacial score (nSPS) is 25.1. The third-order valence-electron chi connectivity index (χ3n) is 4.38. The molecule has 2 aromatic heterocycles. The highest BCUT2D eigenvalue weighted by Gasteiger charge is 2.35. The molecule has 2 unspecified atom stereocenters. The third kappa shape index (κ3) is 2.38. The lowest BCUT2D eigenvalue weighted by atomic mass is 9.94. The molecule has 0 aromatic carbocycles. The molecule has 0 radical (unpaired) electrons. The van der Waals surface area contributed by atoms with E-state index in [4.69, 9.17) is 11.6 Å². The number of halogens is 1. The summed E-state index contributed by atoms with van der Waals surface area (Å²) in [5, 5.41) is 11.5. The molecule has 6 nitrogen and oxygen atoms in total. The highest BCUT2D eigenvalue weighted by molar-refractivity contribution is 6.33. The molecule has 2 aromatic rings. The second-order valence-corrected chi connectivity index (χ2v) is 6.11. The zero-order valence-electron chi connectivity index (χ0n) is 11.6. The summed E-state index contributed by atoms with van der Waals surface area (Å²) in [6.07, 6.45) is 5.88. The van der Waals surface area contributed by atoms with Crippen molar-refractivity contribution in [2.45, 2.75) is 18.9 Å². The van der Waals surface area contributed by atoms with Gasteiger partial charge in [0, 0.05) is 37.1 Å². The summed E-state index contributed by atoms with van der Waals surface area (Å²) in [7, 11) is 0. The molecule has 0 spiro atoms. The van der Waals surface area contributed by atoms with E-state index >= 15 is 0 Å². The van der Waals surface area contributed by atoms with Crippen molar-refractivity contribution in [3.8, 4) is 11.4 Å². The van der Waals surface area contributed by atoms with E-state index in [0.717, 1.165) is 31.1 Å². The Hall–Kier alpha value is -1.66. The van der Waals surface area contributed by atoms with Crippen LogP contribution in [0.4, 0.5) is 5.95 Å². The van der Waals surface area contributed by atoms with Gasteiger partial charge in [-0.3, -0.25) is 10.1 Å². The van der Waals surface area contributed by atoms with Gasteiger partial charge >= 0.3 is 0 Å². The maximum atomic E-state index is 6.15. The van der Waals surface area contributed by atoms with Crippen molar-refractivity contribution in [2.75, 3.05) is 24.5 Å². The molecule has 7 heteroatoms. The van der Waals surface area contributed by atoms with Crippen LogP contribution in [0.1, 0.15) is 12.8 Å². The van der Waals surface area contributed by atoms with Gasteiger partial charge in [-0.2, -0.15) is 4.98 Å². The number of pyridine rings is 1. The molecule has 0 aliphatic carbocycles. The summed E-state index contributed by atoms with van der Waals surface area (Å²) in [5.74, 6) is 2.17. The Labute approximate surface area is 127 Å². The first-order valence-electron chi connectivity index (χ1n) is 7.32. The lowest BCUT2D eigenvalue weighted by Gasteiger charge is -2.24. The Morgan fingerprint density at radius 2 is 2.29 bits per heavy atom. The predicted molar refractivity (Wildman–Crippen MR) is 81.4 cm³/mol. The maximum Gasteiger partial charge on any atom is 0.245 e. The van der Waals surface area contributed by atoms with Gasteiger partial charge in [0.1, 0.15) is 0 Å². The molecule has 2 aliphatic rings. The van der Waals surface area contributed by atoms with Crippen molar-refractivity contribution >= 4 is 17.5 Å². The van der Waals surface area contributed by atoms with Crippen LogP contribution < -0.4 is 10.2 Å². The molecule has 0 amide bonds. The molecule has 4 rings (SSSR count). The summed E-state index contributed by atoms with van der Waals surface area (Å²) in [6, 6.07) is 2.42. The lowest BCUT2D eigenvalue weighted by molar-refractivity contribution is 0.340. The number of nitrogens with one attached hydrogen (secondary N) is 2. The molecule has 110 valence electrons. The van der Waals surface area contributed by atoms with Crippen LogP contribution in [0.15, 0.2) is 18.5 Å². The van der Waals surface area contributed by atoms with Crippen LogP contribution in [0.25, 0.3) is 11.4 Å². The predicted octanol–water partition coefficient (Wildman–Crippen LogP) is 1.71. The molecule has 2 N–H and O–H groups in total. The molecule has 4 heterocycles. The summed E-state index contributed by atoms with van der Waals surface area (Å²) in [6.45, 7) is 3.13. The van der Waals surface area contributed by atoms with Gasteiger partial charge < -0.3 is 10.2 Å². The number of fused-ring (bicyclic) bond motifs is 1. The fraction of sp³-hybridized carbons (Fsp3) is 0.500. The number of aromatic amines is 1. The van der Waals surface area contributed by atoms with E-state index in [1.54, 1.807) is 12.4 Å². The third-order valence-corrected chi connectivity index (χ3v) is 4.68. The minimum absolute atomic E-state index is 0.574. The molecule has 0 bridgehead atoms. The Morgan fingerprint density at radius 1 is 1.33 bits per heavy atom. The van der Waals surface area contributed by atoms with Crippen molar-refractivity contribution in [3.63, 3.8) is 0 Å². The Morgan fingerprint density at radius 3 is 3.14 bits per heavy atom. The standard InChI is InChI=1S/C14H17ClN6/c15-11-6-16-5-3-10(11)13-18-14(20-19-13)21-7-9-2-1-4-17-12(9)8-21/h3,5-6,9,12,17H,1-2,4,7-8H2,(H,18,19,20). The van der Waals surface area contributed by atoms with Gasteiger partial charge in [-0.1, -0.05) is 11.6 Å². The van der Waals surface area contributed by atoms with Gasteiger partial charge in [0.15, 0.2) is 5.82 Å². The van der Waals surface area contributed by atoms with E-state index in [0.29, 0.717) is 22.8 Å². The molecular formula is C14H17ClN6. The summed E-state index contributed by atoms with van der Waals surface area (Å²) in [5.41, 5.74) is 0.833. The fourth-order valence-electron chi connectivity index (χ4n) is 3.29. The first-order chi connectivity index (χ1) is 10.3. The smallest absolute Gasteiger partial charge is 0.245 e. The molecule has 2 aliphatic heterocycles. The minimum atomic E-state index is 0.574. The largest absolute Gasteiger partial charge is 0.338 e. The van der Waals surface area contributed by atoms with E-state index in [-0.39, 0.29) is 0 Å². The summed E-state index contributed by atoms with van der Waals surface area (Å²) < 4.78 is 0. The number of hydrogen-bond donors (Lipinski definition) is 2. The van der Waals surface area contributed by atoms with Gasteiger partial charge in [0.05, 0.1) is 5.02 Å². The van der Waals surface area contributed by atoms with Gasteiger partial charge in [0.25, 0.3) is 0 Å². The average molecular weight is 305 g/mol. The van der Waals surface area contributed by atoms with Gasteiger partial charge in [-0.25, -0.2) is 0 Å². The summed E-state index contributed by atoms with van der Waals surface area (Å²) in [4.78, 5) is 10.8. The number of piperidine rings is 1. The van der Waals surface area contributed by atoms with Gasteiger partial charge in [-0.15, -0.1) is 5.10 Å². The number of nitrogens with zero attached hydrogens (tertiary/aromatic N) is 4. The summed E-state index contributed by atoms with van der Waals surface area (Å²) >= 11 is 6.15. The zero-order valence-corrected chi connectivity index (χ0v) is 12.3. The fourth-order valence-corrected chi connectivity index (χ4v) is 3.50. The van der Waals surface area contributed by atoms with Crippen molar-refractivity contribution < 1.29 is 0 Å². The number of hydrogen-bond acceptors (Lipinski definition) is 5. The second-order valence-electron chi connectivity index (χ2n) is 5.71. The first kappa shape index (κ1) is 13.0. The highest BCUT2D eigenvalue weighted by Crippen LogP contribution is 2.29. The van der Waals surface area contributed by atoms with Crippen LogP contribution in [-0.2, 0) is 0 Å². The number of anilines is 1. The van der Waals surface area contributed by atoms with E-state index in [1.807, 2.05) is 6.07 Å². The Bertz CT molecular complexity index is 628. The molecule has 2 fully saturated rings. The average Bonchev–Trinajstić information content (AvgIpc) is 3.14. The van der Waals surface area contributed by atoms with Gasteiger partial charge in [-0.05, 0) is 31.4 Å². The second kappa shape index (κ2) is 5.27. The van der Waals surface area contributed by atoms with E-state index in [2.05, 4.69) is 30.4 Å². The van der Waals surface area contributed by atoms with Crippen molar-refractivity contribution in [1.82, 2.24) is 25.5 Å². The van der Waals surface area contributed by atoms with Crippen molar-refractivity contribution in [2.24, 2.45) is 5.92 Å².